The van der Waals surface area contributed by atoms with Crippen molar-refractivity contribution in [3.63, 3.8) is 0 Å². The zero-order chi connectivity index (χ0) is 10.6. The lowest BCUT2D eigenvalue weighted by molar-refractivity contribution is 0.470. The first kappa shape index (κ1) is 11.1. The molecule has 0 bridgehead atoms. The Morgan fingerprint density at radius 1 is 1.43 bits per heavy atom. The van der Waals surface area contributed by atoms with Crippen LogP contribution in [0.5, 0.6) is 5.75 Å². The molecule has 0 fully saturated rings. The summed E-state index contributed by atoms with van der Waals surface area (Å²) in [5, 5.41) is 9.36. The van der Waals surface area contributed by atoms with Crippen molar-refractivity contribution in [2.24, 2.45) is 11.7 Å². The maximum atomic E-state index is 9.36. The molecule has 1 unspecified atom stereocenters. The van der Waals surface area contributed by atoms with Crippen molar-refractivity contribution in [3.8, 4) is 5.75 Å². The quantitative estimate of drug-likeness (QED) is 0.770. The second kappa shape index (κ2) is 5.01. The van der Waals surface area contributed by atoms with Crippen LogP contribution in [0.15, 0.2) is 18.2 Å². The van der Waals surface area contributed by atoms with Crippen molar-refractivity contribution in [2.75, 3.05) is 6.54 Å². The lowest BCUT2D eigenvalue weighted by Gasteiger charge is -2.10. The number of hydrogen-bond donors (Lipinski definition) is 2. The molecule has 3 N–H and O–H groups in total. The summed E-state index contributed by atoms with van der Waals surface area (Å²) in [5.41, 5.74) is 7.72. The third-order valence-corrected chi connectivity index (χ3v) is 2.50. The summed E-state index contributed by atoms with van der Waals surface area (Å²) < 4.78 is 0. The van der Waals surface area contributed by atoms with Crippen LogP contribution < -0.4 is 5.73 Å². The Bertz CT molecular complexity index is 296. The van der Waals surface area contributed by atoms with E-state index in [1.807, 2.05) is 19.1 Å². The predicted molar refractivity (Wildman–Crippen MR) is 59.4 cm³/mol. The molecule has 0 spiro atoms. The highest BCUT2D eigenvalue weighted by Gasteiger charge is 2.04. The molecule has 0 amide bonds. The Morgan fingerprint density at radius 3 is 2.71 bits per heavy atom. The molecule has 2 nitrogen and oxygen atoms in total. The molecule has 0 aliphatic carbocycles. The number of phenols is 1. The van der Waals surface area contributed by atoms with Crippen LogP contribution in [0.1, 0.15) is 24.5 Å². The standard InChI is InChI=1S/C12H19NO/c1-9(5-6-13)7-11-3-4-12(14)10(2)8-11/h3-4,8-9,14H,5-7,13H2,1-2H3. The molecule has 0 aliphatic rings. The van der Waals surface area contributed by atoms with Crippen molar-refractivity contribution < 1.29 is 5.11 Å². The minimum absolute atomic E-state index is 0.375. The van der Waals surface area contributed by atoms with Gasteiger partial charge in [-0.25, -0.2) is 0 Å². The smallest absolute Gasteiger partial charge is 0.118 e. The van der Waals surface area contributed by atoms with Gasteiger partial charge in [-0.05, 0) is 49.4 Å². The van der Waals surface area contributed by atoms with E-state index < -0.39 is 0 Å². The third kappa shape index (κ3) is 3.04. The Balaban J connectivity index is 2.63. The SMILES string of the molecule is Cc1cc(CC(C)CCN)ccc1O. The zero-order valence-electron chi connectivity index (χ0n) is 8.96. The van der Waals surface area contributed by atoms with Crippen molar-refractivity contribution >= 4 is 0 Å². The summed E-state index contributed by atoms with van der Waals surface area (Å²) in [6.45, 7) is 4.87. The molecule has 14 heavy (non-hydrogen) atoms. The number of aromatic hydroxyl groups is 1. The van der Waals surface area contributed by atoms with Crippen molar-refractivity contribution in [2.45, 2.75) is 26.7 Å². The summed E-state index contributed by atoms with van der Waals surface area (Å²) >= 11 is 0. The van der Waals surface area contributed by atoms with Crippen molar-refractivity contribution in [1.29, 1.82) is 0 Å². The van der Waals surface area contributed by atoms with Gasteiger partial charge in [-0.2, -0.15) is 0 Å². The van der Waals surface area contributed by atoms with Gasteiger partial charge in [0.2, 0.25) is 0 Å². The van der Waals surface area contributed by atoms with Gasteiger partial charge in [0.05, 0.1) is 0 Å². The number of nitrogens with two attached hydrogens (primary N) is 1. The number of aryl methyl sites for hydroxylation is 1. The lowest BCUT2D eigenvalue weighted by atomic mass is 9.97. The molecule has 0 saturated carbocycles. The van der Waals surface area contributed by atoms with Crippen LogP contribution in [0.25, 0.3) is 0 Å². The second-order valence-electron chi connectivity index (χ2n) is 4.01. The minimum atomic E-state index is 0.375. The number of benzene rings is 1. The van der Waals surface area contributed by atoms with E-state index in [1.54, 1.807) is 6.07 Å². The fourth-order valence-corrected chi connectivity index (χ4v) is 1.63. The molecule has 1 aromatic carbocycles. The first-order valence-electron chi connectivity index (χ1n) is 5.12. The van der Waals surface area contributed by atoms with E-state index in [2.05, 4.69) is 6.92 Å². The van der Waals surface area contributed by atoms with Crippen molar-refractivity contribution in [1.82, 2.24) is 0 Å². The van der Waals surface area contributed by atoms with Gasteiger partial charge < -0.3 is 10.8 Å². The predicted octanol–water partition coefficient (Wildman–Crippen LogP) is 2.23. The van der Waals surface area contributed by atoms with Gasteiger partial charge in [-0.15, -0.1) is 0 Å². The molecule has 2 heteroatoms. The highest BCUT2D eigenvalue weighted by molar-refractivity contribution is 5.35. The topological polar surface area (TPSA) is 46.2 Å². The van der Waals surface area contributed by atoms with Gasteiger partial charge in [0.15, 0.2) is 0 Å². The molecule has 78 valence electrons. The highest BCUT2D eigenvalue weighted by atomic mass is 16.3. The molecule has 0 saturated heterocycles. The molecule has 0 heterocycles. The Labute approximate surface area is 85.8 Å². The molecule has 1 rings (SSSR count). The van der Waals surface area contributed by atoms with Crippen molar-refractivity contribution in [3.05, 3.63) is 29.3 Å². The highest BCUT2D eigenvalue weighted by Crippen LogP contribution is 2.19. The summed E-state index contributed by atoms with van der Waals surface area (Å²) in [7, 11) is 0. The maximum Gasteiger partial charge on any atom is 0.118 e. The molecule has 1 atom stereocenters. The molecular formula is C12H19NO. The monoisotopic (exact) mass is 193 g/mol. The molecule has 1 aromatic rings. The van der Waals surface area contributed by atoms with Crippen LogP contribution in [-0.2, 0) is 6.42 Å². The molecule has 0 aliphatic heterocycles. The Morgan fingerprint density at radius 2 is 2.14 bits per heavy atom. The first-order valence-corrected chi connectivity index (χ1v) is 5.12. The maximum absolute atomic E-state index is 9.36. The zero-order valence-corrected chi connectivity index (χ0v) is 8.96. The third-order valence-electron chi connectivity index (χ3n) is 2.50. The van der Waals surface area contributed by atoms with E-state index in [9.17, 15) is 5.11 Å². The van der Waals surface area contributed by atoms with Crippen LogP contribution in [-0.4, -0.2) is 11.7 Å². The van der Waals surface area contributed by atoms with Crippen LogP contribution in [0.3, 0.4) is 0 Å². The number of rotatable bonds is 4. The summed E-state index contributed by atoms with van der Waals surface area (Å²) in [4.78, 5) is 0. The fraction of sp³-hybridized carbons (Fsp3) is 0.500. The lowest BCUT2D eigenvalue weighted by Crippen LogP contribution is -2.08. The van der Waals surface area contributed by atoms with Gasteiger partial charge >= 0.3 is 0 Å². The van der Waals surface area contributed by atoms with E-state index in [0.717, 1.165) is 24.9 Å². The summed E-state index contributed by atoms with van der Waals surface area (Å²) in [6.07, 6.45) is 2.10. The number of hydrogen-bond acceptors (Lipinski definition) is 2. The Hall–Kier alpha value is -1.02. The largest absolute Gasteiger partial charge is 0.508 e. The van der Waals surface area contributed by atoms with Gasteiger partial charge in [-0.1, -0.05) is 19.1 Å². The van der Waals surface area contributed by atoms with Crippen LogP contribution in [0.2, 0.25) is 0 Å². The normalized spacial score (nSPS) is 12.8. The second-order valence-corrected chi connectivity index (χ2v) is 4.01. The van der Waals surface area contributed by atoms with E-state index in [4.69, 9.17) is 5.73 Å². The van der Waals surface area contributed by atoms with Crippen LogP contribution >= 0.6 is 0 Å². The van der Waals surface area contributed by atoms with Gasteiger partial charge in [0.25, 0.3) is 0 Å². The molecule has 0 aromatic heterocycles. The van der Waals surface area contributed by atoms with Crippen LogP contribution in [0.4, 0.5) is 0 Å². The molecule has 0 radical (unpaired) electrons. The van der Waals surface area contributed by atoms with Gasteiger partial charge in [0.1, 0.15) is 5.75 Å². The fourth-order valence-electron chi connectivity index (χ4n) is 1.63. The average molecular weight is 193 g/mol. The van der Waals surface area contributed by atoms with E-state index >= 15 is 0 Å². The summed E-state index contributed by atoms with van der Waals surface area (Å²) in [5.74, 6) is 0.990. The van der Waals surface area contributed by atoms with E-state index in [0.29, 0.717) is 11.7 Å². The minimum Gasteiger partial charge on any atom is -0.508 e. The summed E-state index contributed by atoms with van der Waals surface area (Å²) in [6, 6.07) is 5.79. The van der Waals surface area contributed by atoms with Gasteiger partial charge in [0, 0.05) is 0 Å². The first-order chi connectivity index (χ1) is 6.63. The van der Waals surface area contributed by atoms with Crippen LogP contribution in [0, 0.1) is 12.8 Å². The van der Waals surface area contributed by atoms with E-state index in [-0.39, 0.29) is 0 Å². The van der Waals surface area contributed by atoms with Gasteiger partial charge in [-0.3, -0.25) is 0 Å². The number of phenolic OH excluding ortho intramolecular Hbond substituents is 1. The van der Waals surface area contributed by atoms with E-state index in [1.165, 1.54) is 5.56 Å². The average Bonchev–Trinajstić information content (AvgIpc) is 2.12. The Kier molecular flexibility index (Phi) is 3.96. The molecular weight excluding hydrogens is 174 g/mol.